The second kappa shape index (κ2) is 9.18. The van der Waals surface area contributed by atoms with Gasteiger partial charge in [-0.25, -0.2) is 0 Å². The Labute approximate surface area is 145 Å². The van der Waals surface area contributed by atoms with Crippen molar-refractivity contribution < 1.29 is 9.28 Å². The summed E-state index contributed by atoms with van der Waals surface area (Å²) in [5.74, 6) is 0.282. The molecule has 1 aromatic carbocycles. The van der Waals surface area contributed by atoms with Crippen LogP contribution in [0.1, 0.15) is 29.6 Å². The highest BCUT2D eigenvalue weighted by Crippen LogP contribution is 2.17. The molecule has 1 aliphatic heterocycles. The molecule has 0 atom stereocenters. The molecule has 1 aromatic rings. The molecule has 5 heteroatoms. The lowest BCUT2D eigenvalue weighted by Crippen LogP contribution is -2.50. The molecule has 0 aromatic heterocycles. The molecule has 1 heterocycles. The lowest BCUT2D eigenvalue weighted by Gasteiger charge is -2.37. The molecule has 1 fully saturated rings. The summed E-state index contributed by atoms with van der Waals surface area (Å²) in [7, 11) is 5.87. The number of hydrogen-bond acceptors (Lipinski definition) is 3. The van der Waals surface area contributed by atoms with Gasteiger partial charge in [0.1, 0.15) is 6.54 Å². The lowest BCUT2D eigenvalue weighted by atomic mass is 10.1. The summed E-state index contributed by atoms with van der Waals surface area (Å²) in [6, 6.07) is 9.65. The van der Waals surface area contributed by atoms with Gasteiger partial charge in [0.25, 0.3) is 0 Å². The molecule has 0 radical (unpaired) electrons. The van der Waals surface area contributed by atoms with Crippen LogP contribution in [0, 0.1) is 0 Å². The zero-order valence-corrected chi connectivity index (χ0v) is 15.4. The Morgan fingerprint density at radius 1 is 1.18 bits per heavy atom. The van der Waals surface area contributed by atoms with Gasteiger partial charge in [-0.2, -0.15) is 0 Å². The van der Waals surface area contributed by atoms with Gasteiger partial charge in [-0.15, -0.1) is 0 Å². The van der Waals surface area contributed by atoms with Gasteiger partial charge < -0.3 is 34.2 Å². The lowest BCUT2D eigenvalue weighted by molar-refractivity contribution is -0.906. The first-order valence-corrected chi connectivity index (χ1v) is 8.46. The largest absolute Gasteiger partial charge is 0.411 e. The van der Waals surface area contributed by atoms with Crippen LogP contribution in [-0.4, -0.2) is 60.3 Å². The van der Waals surface area contributed by atoms with Crippen LogP contribution in [0.25, 0.3) is 0 Å². The zero-order chi connectivity index (χ0) is 16.6. The molecule has 0 unspecified atom stereocenters. The molecule has 122 valence electrons. The van der Waals surface area contributed by atoms with Crippen LogP contribution in [0.5, 0.6) is 0 Å². The fourth-order valence-corrected chi connectivity index (χ4v) is 2.50. The first-order valence-electron chi connectivity index (χ1n) is 7.64. The van der Waals surface area contributed by atoms with Crippen LogP contribution in [0.15, 0.2) is 30.3 Å². The SMILES string of the molecule is CN(C)C(=S)[S-].C[N+]1(CC(=O)c2ccccc2)CCCCC1. The minimum Gasteiger partial charge on any atom is -0.411 e. The Balaban J connectivity index is 0.000000346. The van der Waals surface area contributed by atoms with Crippen LogP contribution in [-0.2, 0) is 12.6 Å². The van der Waals surface area contributed by atoms with Crippen molar-refractivity contribution in [3.05, 3.63) is 35.9 Å². The van der Waals surface area contributed by atoms with Crippen molar-refractivity contribution in [2.45, 2.75) is 19.3 Å². The first kappa shape index (κ1) is 19.0. The maximum Gasteiger partial charge on any atom is 0.216 e. The molecule has 0 bridgehead atoms. The van der Waals surface area contributed by atoms with Gasteiger partial charge in [-0.1, -0.05) is 34.7 Å². The molecule has 1 saturated heterocycles. The van der Waals surface area contributed by atoms with Crippen LogP contribution in [0.2, 0.25) is 0 Å². The summed E-state index contributed by atoms with van der Waals surface area (Å²) in [4.78, 5) is 13.8. The van der Waals surface area contributed by atoms with Gasteiger partial charge in [-0.05, 0) is 19.3 Å². The van der Waals surface area contributed by atoms with Gasteiger partial charge >= 0.3 is 0 Å². The molecule has 0 saturated carbocycles. The minimum absolute atomic E-state index is 0.282. The van der Waals surface area contributed by atoms with Gasteiger partial charge in [0.05, 0.1) is 20.1 Å². The van der Waals surface area contributed by atoms with Gasteiger partial charge in [-0.3, -0.25) is 4.79 Å². The Hall–Kier alpha value is -1.04. The third kappa shape index (κ3) is 6.81. The van der Waals surface area contributed by atoms with Gasteiger partial charge in [0.2, 0.25) is 5.78 Å². The number of Topliss-reactive ketones (excluding diaryl/α,β-unsaturated/α-hetero) is 1. The highest BCUT2D eigenvalue weighted by atomic mass is 32.1. The van der Waals surface area contributed by atoms with Crippen LogP contribution in [0.3, 0.4) is 0 Å². The van der Waals surface area contributed by atoms with E-state index in [-0.39, 0.29) is 5.78 Å². The van der Waals surface area contributed by atoms with E-state index in [9.17, 15) is 4.79 Å². The highest BCUT2D eigenvalue weighted by molar-refractivity contribution is 8.00. The number of piperidine rings is 1. The third-order valence-electron chi connectivity index (χ3n) is 3.88. The third-order valence-corrected chi connectivity index (χ3v) is 4.61. The van der Waals surface area contributed by atoms with Crippen molar-refractivity contribution >= 4 is 35.0 Å². The molecule has 22 heavy (non-hydrogen) atoms. The molecule has 1 aliphatic rings. The predicted octanol–water partition coefficient (Wildman–Crippen LogP) is 2.88. The van der Waals surface area contributed by atoms with E-state index in [4.69, 9.17) is 0 Å². The topological polar surface area (TPSA) is 20.3 Å². The van der Waals surface area contributed by atoms with Crippen LogP contribution < -0.4 is 0 Å². The zero-order valence-electron chi connectivity index (χ0n) is 13.7. The Kier molecular flexibility index (Phi) is 7.93. The number of likely N-dealkylation sites (tertiary alicyclic amines) is 1. The molecule has 0 spiro atoms. The van der Waals surface area contributed by atoms with E-state index < -0.39 is 0 Å². The van der Waals surface area contributed by atoms with E-state index in [0.29, 0.717) is 10.9 Å². The smallest absolute Gasteiger partial charge is 0.216 e. The van der Waals surface area contributed by atoms with Crippen LogP contribution >= 0.6 is 12.2 Å². The fourth-order valence-electron chi connectivity index (χ4n) is 2.50. The summed E-state index contributed by atoms with van der Waals surface area (Å²) in [5, 5.41) is 0. The molecule has 0 amide bonds. The number of quaternary nitrogens is 1. The maximum absolute atomic E-state index is 12.1. The van der Waals surface area contributed by atoms with Crippen LogP contribution in [0.4, 0.5) is 0 Å². The van der Waals surface area contributed by atoms with E-state index in [1.54, 1.807) is 4.90 Å². The van der Waals surface area contributed by atoms with E-state index in [0.717, 1.165) is 23.1 Å². The van der Waals surface area contributed by atoms with Crippen molar-refractivity contribution in [1.29, 1.82) is 0 Å². The number of likely N-dealkylation sites (N-methyl/N-ethyl adjacent to an activating group) is 1. The van der Waals surface area contributed by atoms with E-state index in [1.807, 2.05) is 44.4 Å². The maximum atomic E-state index is 12.1. The number of benzene rings is 1. The van der Waals surface area contributed by atoms with Crippen molar-refractivity contribution in [2.75, 3.05) is 40.8 Å². The minimum atomic E-state index is 0.282. The van der Waals surface area contributed by atoms with Crippen molar-refractivity contribution in [3.8, 4) is 0 Å². The molecular formula is C17H26N2OS2. The number of carbonyl (C=O) groups excluding carboxylic acids is 1. The summed E-state index contributed by atoms with van der Waals surface area (Å²) < 4.78 is 1.43. The van der Waals surface area contributed by atoms with Gasteiger partial charge in [0.15, 0.2) is 0 Å². The summed E-state index contributed by atoms with van der Waals surface area (Å²) in [6.07, 6.45) is 3.85. The average Bonchev–Trinajstić information content (AvgIpc) is 2.49. The van der Waals surface area contributed by atoms with Crippen molar-refractivity contribution in [3.63, 3.8) is 0 Å². The van der Waals surface area contributed by atoms with E-state index in [2.05, 4.69) is 31.9 Å². The number of nitrogens with zero attached hydrogens (tertiary/aromatic N) is 2. The molecule has 3 nitrogen and oxygen atoms in total. The highest BCUT2D eigenvalue weighted by Gasteiger charge is 2.27. The predicted molar refractivity (Wildman–Crippen MR) is 99.1 cm³/mol. The van der Waals surface area contributed by atoms with E-state index >= 15 is 0 Å². The Morgan fingerprint density at radius 3 is 2.14 bits per heavy atom. The monoisotopic (exact) mass is 338 g/mol. The molecular weight excluding hydrogens is 312 g/mol. The number of ketones is 1. The second-order valence-corrected chi connectivity index (χ2v) is 7.27. The summed E-state index contributed by atoms with van der Waals surface area (Å²) >= 11 is 9.12. The number of rotatable bonds is 3. The van der Waals surface area contributed by atoms with Gasteiger partial charge in [0, 0.05) is 19.7 Å². The Bertz CT molecular complexity index is 483. The number of hydrogen-bond donors (Lipinski definition) is 0. The molecule has 0 aliphatic carbocycles. The molecule has 2 rings (SSSR count). The fraction of sp³-hybridized carbons (Fsp3) is 0.529. The average molecular weight is 339 g/mol. The first-order chi connectivity index (χ1) is 10.3. The van der Waals surface area contributed by atoms with Crippen molar-refractivity contribution in [2.24, 2.45) is 0 Å². The molecule has 0 N–H and O–H groups in total. The normalized spacial score (nSPS) is 16.1. The number of carbonyl (C=O) groups is 1. The summed E-state index contributed by atoms with van der Waals surface area (Å²) in [6.45, 7) is 2.96. The summed E-state index contributed by atoms with van der Waals surface area (Å²) in [5.41, 5.74) is 0.854. The van der Waals surface area contributed by atoms with E-state index in [1.165, 1.54) is 19.3 Å². The quantitative estimate of drug-likeness (QED) is 0.365. The van der Waals surface area contributed by atoms with Crippen molar-refractivity contribution in [1.82, 2.24) is 4.90 Å². The number of thiocarbonyl (C=S) groups is 1. The Morgan fingerprint density at radius 2 is 1.68 bits per heavy atom. The second-order valence-electron chi connectivity index (χ2n) is 6.24. The standard InChI is InChI=1S/C14H20NO.C3H7NS2/c1-15(10-6-3-7-11-15)12-14(16)13-8-4-2-5-9-13;1-4(2)3(5)6/h2,4-5,8-9H,3,6-7,10-12H2,1H3;1-2H3,(H,5,6)/q+1;/p-1.